The predicted octanol–water partition coefficient (Wildman–Crippen LogP) is 2.83. The van der Waals surface area contributed by atoms with Crippen molar-refractivity contribution in [1.29, 1.82) is 0 Å². The number of aryl methyl sites for hydroxylation is 1. The molecular formula is C19H24N2O4S. The molecule has 0 aliphatic carbocycles. The van der Waals surface area contributed by atoms with Gasteiger partial charge < -0.3 is 9.32 Å². The van der Waals surface area contributed by atoms with Crippen molar-refractivity contribution in [2.75, 3.05) is 24.5 Å². The van der Waals surface area contributed by atoms with Gasteiger partial charge in [-0.2, -0.15) is 4.31 Å². The summed E-state index contributed by atoms with van der Waals surface area (Å²) in [5.74, 6) is 0.818. The summed E-state index contributed by atoms with van der Waals surface area (Å²) < 4.78 is 32.1. The van der Waals surface area contributed by atoms with E-state index in [9.17, 15) is 13.2 Å². The molecular weight excluding hydrogens is 352 g/mol. The molecule has 0 unspecified atom stereocenters. The minimum atomic E-state index is -3.48. The highest BCUT2D eigenvalue weighted by Gasteiger charge is 2.28. The molecule has 1 aliphatic heterocycles. The van der Waals surface area contributed by atoms with Crippen molar-refractivity contribution in [1.82, 2.24) is 4.31 Å². The van der Waals surface area contributed by atoms with Gasteiger partial charge >= 0.3 is 0 Å². The van der Waals surface area contributed by atoms with Crippen molar-refractivity contribution in [3.05, 3.63) is 47.9 Å². The second kappa shape index (κ2) is 7.63. The van der Waals surface area contributed by atoms with Crippen LogP contribution in [-0.2, 0) is 27.7 Å². The molecule has 6 nitrogen and oxygen atoms in total. The van der Waals surface area contributed by atoms with Gasteiger partial charge in [0.1, 0.15) is 5.76 Å². The highest BCUT2D eigenvalue weighted by Crippen LogP contribution is 2.31. The first kappa shape index (κ1) is 18.7. The molecule has 0 radical (unpaired) electrons. The van der Waals surface area contributed by atoms with E-state index >= 15 is 0 Å². The van der Waals surface area contributed by atoms with E-state index in [2.05, 4.69) is 0 Å². The minimum absolute atomic E-state index is 0.0273. The van der Waals surface area contributed by atoms with E-state index < -0.39 is 10.0 Å². The van der Waals surface area contributed by atoms with Crippen molar-refractivity contribution in [2.45, 2.75) is 38.0 Å². The first-order valence-corrected chi connectivity index (χ1v) is 10.4. The zero-order chi connectivity index (χ0) is 18.7. The normalized spacial score (nSPS) is 14.0. The number of nitrogens with zero attached hydrogens (tertiary/aromatic N) is 2. The first-order chi connectivity index (χ1) is 12.5. The summed E-state index contributed by atoms with van der Waals surface area (Å²) in [6.45, 7) is 5.11. The molecule has 7 heteroatoms. The molecule has 26 heavy (non-hydrogen) atoms. The van der Waals surface area contributed by atoms with Crippen LogP contribution < -0.4 is 4.90 Å². The zero-order valence-corrected chi connectivity index (χ0v) is 16.0. The van der Waals surface area contributed by atoms with Crippen molar-refractivity contribution < 1.29 is 17.6 Å². The first-order valence-electron chi connectivity index (χ1n) is 8.93. The Morgan fingerprint density at radius 2 is 2.00 bits per heavy atom. The molecule has 0 fully saturated rings. The van der Waals surface area contributed by atoms with E-state index in [1.165, 1.54) is 4.31 Å². The van der Waals surface area contributed by atoms with Crippen LogP contribution in [0.5, 0.6) is 0 Å². The lowest BCUT2D eigenvalue weighted by molar-refractivity contribution is -0.118. The van der Waals surface area contributed by atoms with E-state index in [4.69, 9.17) is 4.42 Å². The summed E-state index contributed by atoms with van der Waals surface area (Å²) >= 11 is 0. The molecule has 1 amide bonds. The maximum atomic E-state index is 12.7. The highest BCUT2D eigenvalue weighted by molar-refractivity contribution is 7.89. The van der Waals surface area contributed by atoms with Crippen molar-refractivity contribution in [3.8, 4) is 0 Å². The minimum Gasteiger partial charge on any atom is -0.469 e. The van der Waals surface area contributed by atoms with Gasteiger partial charge in [0.2, 0.25) is 15.9 Å². The van der Waals surface area contributed by atoms with Gasteiger partial charge in [0.05, 0.1) is 11.2 Å². The number of rotatable bonds is 7. The smallest absolute Gasteiger partial charge is 0.243 e. The highest BCUT2D eigenvalue weighted by atomic mass is 32.2. The number of carbonyl (C=O) groups excluding carboxylic acids is 1. The number of hydrogen-bond donors (Lipinski definition) is 0. The number of carbonyl (C=O) groups is 1. The van der Waals surface area contributed by atoms with E-state index in [1.807, 2.05) is 26.0 Å². The second-order valence-corrected chi connectivity index (χ2v) is 8.19. The van der Waals surface area contributed by atoms with Crippen LogP contribution in [0.15, 0.2) is 45.9 Å². The molecule has 2 heterocycles. The van der Waals surface area contributed by atoms with Crippen molar-refractivity contribution in [3.63, 3.8) is 0 Å². The molecule has 0 saturated heterocycles. The maximum Gasteiger partial charge on any atom is 0.243 e. The molecule has 3 rings (SSSR count). The van der Waals surface area contributed by atoms with Gasteiger partial charge in [0, 0.05) is 38.2 Å². The largest absolute Gasteiger partial charge is 0.469 e. The lowest BCUT2D eigenvalue weighted by Gasteiger charge is -2.20. The SMILES string of the molecule is CCN(CC)S(=O)(=O)c1ccc2c(c1)CCN2C(=O)CCc1ccco1. The third-order valence-electron chi connectivity index (χ3n) is 4.76. The topological polar surface area (TPSA) is 70.8 Å². The summed E-state index contributed by atoms with van der Waals surface area (Å²) in [6.07, 6.45) is 3.20. The fraction of sp³-hybridized carbons (Fsp3) is 0.421. The van der Waals surface area contributed by atoms with Crippen LogP contribution in [0, 0.1) is 0 Å². The molecule has 0 saturated carbocycles. The van der Waals surface area contributed by atoms with Gasteiger partial charge in [-0.1, -0.05) is 13.8 Å². The van der Waals surface area contributed by atoms with Crippen molar-refractivity contribution in [2.24, 2.45) is 0 Å². The molecule has 140 valence electrons. The van der Waals surface area contributed by atoms with Crippen LogP contribution in [-0.4, -0.2) is 38.3 Å². The van der Waals surface area contributed by atoms with Gasteiger partial charge in [-0.05, 0) is 42.3 Å². The Kier molecular flexibility index (Phi) is 5.48. The Balaban J connectivity index is 1.76. The number of amides is 1. The number of fused-ring (bicyclic) bond motifs is 1. The van der Waals surface area contributed by atoms with Crippen molar-refractivity contribution >= 4 is 21.6 Å². The maximum absolute atomic E-state index is 12.7. The predicted molar refractivity (Wildman–Crippen MR) is 99.6 cm³/mol. The van der Waals surface area contributed by atoms with E-state index in [-0.39, 0.29) is 5.91 Å². The molecule has 1 aromatic carbocycles. The Morgan fingerprint density at radius 3 is 2.65 bits per heavy atom. The molecule has 0 N–H and O–H groups in total. The third kappa shape index (κ3) is 3.54. The Hall–Kier alpha value is -2.12. The van der Waals surface area contributed by atoms with Gasteiger partial charge in [-0.3, -0.25) is 4.79 Å². The van der Waals surface area contributed by atoms with Crippen LogP contribution in [0.4, 0.5) is 5.69 Å². The fourth-order valence-electron chi connectivity index (χ4n) is 3.33. The molecule has 1 aliphatic rings. The molecule has 2 aromatic rings. The van der Waals surface area contributed by atoms with Crippen LogP contribution in [0.1, 0.15) is 31.6 Å². The number of hydrogen-bond acceptors (Lipinski definition) is 4. The molecule has 0 bridgehead atoms. The molecule has 0 atom stereocenters. The summed E-state index contributed by atoms with van der Waals surface area (Å²) in [4.78, 5) is 14.6. The average Bonchev–Trinajstić information content (AvgIpc) is 3.29. The van der Waals surface area contributed by atoms with Crippen LogP contribution in [0.3, 0.4) is 0 Å². The van der Waals surface area contributed by atoms with E-state index in [1.54, 1.807) is 29.4 Å². The Morgan fingerprint density at radius 1 is 1.23 bits per heavy atom. The number of furan rings is 1. The average molecular weight is 376 g/mol. The number of anilines is 1. The van der Waals surface area contributed by atoms with Crippen LogP contribution in [0.2, 0.25) is 0 Å². The van der Waals surface area contributed by atoms with E-state index in [0.717, 1.165) is 17.0 Å². The summed E-state index contributed by atoms with van der Waals surface area (Å²) in [7, 11) is -3.48. The quantitative estimate of drug-likeness (QED) is 0.745. The van der Waals surface area contributed by atoms with Gasteiger partial charge in [-0.15, -0.1) is 0 Å². The third-order valence-corrected chi connectivity index (χ3v) is 6.80. The fourth-order valence-corrected chi connectivity index (χ4v) is 4.84. The molecule has 0 spiro atoms. The second-order valence-electron chi connectivity index (χ2n) is 6.25. The van der Waals surface area contributed by atoms with Gasteiger partial charge in [0.15, 0.2) is 0 Å². The lowest BCUT2D eigenvalue weighted by atomic mass is 10.2. The zero-order valence-electron chi connectivity index (χ0n) is 15.1. The summed E-state index contributed by atoms with van der Waals surface area (Å²) in [6, 6.07) is 8.73. The lowest BCUT2D eigenvalue weighted by Crippen LogP contribution is -2.30. The van der Waals surface area contributed by atoms with Crippen LogP contribution >= 0.6 is 0 Å². The van der Waals surface area contributed by atoms with Gasteiger partial charge in [-0.25, -0.2) is 8.42 Å². The number of sulfonamides is 1. The van der Waals surface area contributed by atoms with Gasteiger partial charge in [0.25, 0.3) is 0 Å². The number of benzene rings is 1. The molecule has 1 aromatic heterocycles. The summed E-state index contributed by atoms with van der Waals surface area (Å²) in [5, 5.41) is 0. The summed E-state index contributed by atoms with van der Waals surface area (Å²) in [5.41, 5.74) is 1.72. The monoisotopic (exact) mass is 376 g/mol. The Bertz CT molecular complexity index is 871. The van der Waals surface area contributed by atoms with Crippen LogP contribution in [0.25, 0.3) is 0 Å². The Labute approximate surface area is 154 Å². The van der Waals surface area contributed by atoms with E-state index in [0.29, 0.717) is 43.8 Å². The standard InChI is InChI=1S/C19H24N2O4S/c1-3-20(4-2)26(23,24)17-8-9-18-15(14-17)11-12-21(18)19(22)10-7-16-6-5-13-25-16/h5-6,8-9,13-14H,3-4,7,10-12H2,1-2H3.